The van der Waals surface area contributed by atoms with E-state index in [0.717, 1.165) is 29.8 Å². The minimum atomic E-state index is 0.399. The van der Waals surface area contributed by atoms with Crippen molar-refractivity contribution in [3.8, 4) is 5.88 Å². The van der Waals surface area contributed by atoms with Gasteiger partial charge in [0.2, 0.25) is 5.88 Å². The summed E-state index contributed by atoms with van der Waals surface area (Å²) in [4.78, 5) is 4.47. The maximum Gasteiger partial charge on any atom is 0.216 e. The Kier molecular flexibility index (Phi) is 5.84. The molecule has 0 radical (unpaired) electrons. The third-order valence-corrected chi connectivity index (χ3v) is 4.14. The van der Waals surface area contributed by atoms with Crippen LogP contribution in [0.5, 0.6) is 5.88 Å². The first-order valence-corrected chi connectivity index (χ1v) is 8.25. The van der Waals surface area contributed by atoms with E-state index in [4.69, 9.17) is 10.5 Å². The van der Waals surface area contributed by atoms with Crippen LogP contribution >= 0.6 is 0 Å². The van der Waals surface area contributed by atoms with Gasteiger partial charge in [0.05, 0.1) is 24.9 Å². The number of anilines is 1. The molecule has 0 spiro atoms. The second-order valence-corrected chi connectivity index (χ2v) is 5.68. The zero-order valence-corrected chi connectivity index (χ0v) is 15.2. The molecular weight excluding hydrogens is 302 g/mol. The number of nitrogens with zero attached hydrogens (tertiary/aromatic N) is 3. The molecule has 3 N–H and O–H groups in total. The van der Waals surface area contributed by atoms with E-state index in [2.05, 4.69) is 47.5 Å². The largest absolute Gasteiger partial charge is 0.481 e. The summed E-state index contributed by atoms with van der Waals surface area (Å²) >= 11 is 0. The van der Waals surface area contributed by atoms with Gasteiger partial charge < -0.3 is 15.8 Å². The predicted molar refractivity (Wildman–Crippen MR) is 98.6 cm³/mol. The summed E-state index contributed by atoms with van der Waals surface area (Å²) < 4.78 is 7.10. The number of aromatic nitrogens is 2. The summed E-state index contributed by atoms with van der Waals surface area (Å²) in [5.41, 5.74) is 11.5. The summed E-state index contributed by atoms with van der Waals surface area (Å²) in [5, 5.41) is 7.63. The Morgan fingerprint density at radius 1 is 1.29 bits per heavy atom. The molecule has 1 heterocycles. The van der Waals surface area contributed by atoms with Gasteiger partial charge in [-0.1, -0.05) is 32.0 Å². The monoisotopic (exact) mass is 329 g/mol. The highest BCUT2D eigenvalue weighted by molar-refractivity contribution is 5.93. The lowest BCUT2D eigenvalue weighted by Gasteiger charge is -2.14. The Balaban J connectivity index is 2.22. The fourth-order valence-electron chi connectivity index (χ4n) is 2.85. The van der Waals surface area contributed by atoms with Gasteiger partial charge in [-0.05, 0) is 30.9 Å². The van der Waals surface area contributed by atoms with Gasteiger partial charge in [-0.3, -0.25) is 0 Å². The van der Waals surface area contributed by atoms with Gasteiger partial charge in [0, 0.05) is 12.7 Å². The van der Waals surface area contributed by atoms with Crippen LogP contribution < -0.4 is 15.8 Å². The van der Waals surface area contributed by atoms with Crippen molar-refractivity contribution in [2.24, 2.45) is 17.8 Å². The highest BCUT2D eigenvalue weighted by Crippen LogP contribution is 2.23. The molecule has 0 atom stereocenters. The van der Waals surface area contributed by atoms with Crippen LogP contribution in [0.3, 0.4) is 0 Å². The average molecular weight is 329 g/mol. The number of methoxy groups -OCH3 is 1. The molecule has 0 saturated heterocycles. The summed E-state index contributed by atoms with van der Waals surface area (Å²) in [6.07, 6.45) is 1.89. The van der Waals surface area contributed by atoms with E-state index in [1.165, 1.54) is 11.1 Å². The first-order valence-electron chi connectivity index (χ1n) is 8.25. The predicted octanol–water partition coefficient (Wildman–Crippen LogP) is 2.79. The number of hydrogen-bond donors (Lipinski definition) is 2. The van der Waals surface area contributed by atoms with E-state index in [9.17, 15) is 0 Å². The Hall–Kier alpha value is -2.50. The number of nitrogens with one attached hydrogen (secondary N) is 1. The van der Waals surface area contributed by atoms with Crippen LogP contribution in [0.15, 0.2) is 23.2 Å². The molecule has 0 aliphatic carbocycles. The highest BCUT2D eigenvalue weighted by Gasteiger charge is 2.13. The summed E-state index contributed by atoms with van der Waals surface area (Å²) in [6, 6.07) is 6.31. The number of guanidine groups is 1. The molecule has 0 fully saturated rings. The molecule has 1 aromatic carbocycles. The Bertz CT molecular complexity index is 711. The molecule has 6 heteroatoms. The molecule has 0 aliphatic heterocycles. The number of benzene rings is 1. The molecule has 2 aromatic rings. The van der Waals surface area contributed by atoms with Crippen LogP contribution in [0.1, 0.15) is 36.2 Å². The molecule has 6 nitrogen and oxygen atoms in total. The van der Waals surface area contributed by atoms with E-state index < -0.39 is 0 Å². The quantitative estimate of drug-likeness (QED) is 0.631. The minimum absolute atomic E-state index is 0.399. The molecular formula is C18H27N5O. The Labute approximate surface area is 143 Å². The van der Waals surface area contributed by atoms with Crippen molar-refractivity contribution in [1.29, 1.82) is 0 Å². The van der Waals surface area contributed by atoms with E-state index in [0.29, 0.717) is 18.4 Å². The maximum atomic E-state index is 6.12. The topological polar surface area (TPSA) is 77.5 Å². The van der Waals surface area contributed by atoms with Crippen molar-refractivity contribution in [3.63, 3.8) is 0 Å². The van der Waals surface area contributed by atoms with Crippen LogP contribution in [0, 0.1) is 6.92 Å². The molecule has 130 valence electrons. The van der Waals surface area contributed by atoms with E-state index >= 15 is 0 Å². The van der Waals surface area contributed by atoms with E-state index in [1.807, 2.05) is 14.0 Å². The SMILES string of the molecule is CCc1cccc(CC)c1NC(N)=NCc1c(C)nn(C)c1OC. The lowest BCUT2D eigenvalue weighted by Crippen LogP contribution is -2.24. The lowest BCUT2D eigenvalue weighted by molar-refractivity contribution is 0.369. The zero-order chi connectivity index (χ0) is 17.7. The number of hydrogen-bond acceptors (Lipinski definition) is 3. The number of nitrogens with two attached hydrogens (primary N) is 1. The fourth-order valence-corrected chi connectivity index (χ4v) is 2.85. The fraction of sp³-hybridized carbons (Fsp3) is 0.444. The highest BCUT2D eigenvalue weighted by atomic mass is 16.5. The molecule has 0 aliphatic rings. The molecule has 0 unspecified atom stereocenters. The van der Waals surface area contributed by atoms with Gasteiger partial charge in [0.1, 0.15) is 0 Å². The second-order valence-electron chi connectivity index (χ2n) is 5.68. The number of rotatable bonds is 6. The van der Waals surface area contributed by atoms with Crippen LogP contribution in [0.4, 0.5) is 5.69 Å². The van der Waals surface area contributed by atoms with Crippen LogP contribution in [-0.2, 0) is 26.4 Å². The second kappa shape index (κ2) is 7.86. The van der Waals surface area contributed by atoms with Crippen LogP contribution in [-0.4, -0.2) is 22.8 Å². The molecule has 0 amide bonds. The first-order chi connectivity index (χ1) is 11.5. The van der Waals surface area contributed by atoms with Crippen molar-refractivity contribution < 1.29 is 4.74 Å². The van der Waals surface area contributed by atoms with Crippen LogP contribution in [0.2, 0.25) is 0 Å². The Morgan fingerprint density at radius 3 is 2.46 bits per heavy atom. The van der Waals surface area contributed by atoms with Gasteiger partial charge in [-0.15, -0.1) is 0 Å². The number of aliphatic imine (C=N–C) groups is 1. The van der Waals surface area contributed by atoms with Gasteiger partial charge >= 0.3 is 0 Å². The van der Waals surface area contributed by atoms with Crippen molar-refractivity contribution in [1.82, 2.24) is 9.78 Å². The number of ether oxygens (including phenoxy) is 1. The van der Waals surface area contributed by atoms with Gasteiger partial charge in [-0.25, -0.2) is 9.67 Å². The molecule has 2 rings (SSSR count). The third-order valence-electron chi connectivity index (χ3n) is 4.14. The normalized spacial score (nSPS) is 11.6. The van der Waals surface area contributed by atoms with Gasteiger partial charge in [-0.2, -0.15) is 5.10 Å². The Morgan fingerprint density at radius 2 is 1.92 bits per heavy atom. The first kappa shape index (κ1) is 17.8. The standard InChI is InChI=1S/C18H27N5O/c1-6-13-9-8-10-14(7-2)16(13)21-18(19)20-11-15-12(3)22-23(4)17(15)24-5/h8-10H,6-7,11H2,1-5H3,(H3,19,20,21). The summed E-state index contributed by atoms with van der Waals surface area (Å²) in [6.45, 7) is 6.64. The molecule has 0 saturated carbocycles. The van der Waals surface area contributed by atoms with E-state index in [1.54, 1.807) is 11.8 Å². The van der Waals surface area contributed by atoms with Crippen molar-refractivity contribution >= 4 is 11.6 Å². The lowest BCUT2D eigenvalue weighted by atomic mass is 10.0. The number of para-hydroxylation sites is 1. The number of aryl methyl sites for hydroxylation is 4. The van der Waals surface area contributed by atoms with Crippen molar-refractivity contribution in [3.05, 3.63) is 40.6 Å². The molecule has 1 aromatic heterocycles. The van der Waals surface area contributed by atoms with Crippen molar-refractivity contribution in [2.75, 3.05) is 12.4 Å². The summed E-state index contributed by atoms with van der Waals surface area (Å²) in [5.74, 6) is 1.11. The minimum Gasteiger partial charge on any atom is -0.481 e. The molecule has 0 bridgehead atoms. The van der Waals surface area contributed by atoms with E-state index in [-0.39, 0.29) is 0 Å². The third kappa shape index (κ3) is 3.69. The maximum absolute atomic E-state index is 6.12. The summed E-state index contributed by atoms with van der Waals surface area (Å²) in [7, 11) is 3.49. The van der Waals surface area contributed by atoms with Gasteiger partial charge in [0.25, 0.3) is 0 Å². The zero-order valence-electron chi connectivity index (χ0n) is 15.2. The smallest absolute Gasteiger partial charge is 0.216 e. The van der Waals surface area contributed by atoms with Gasteiger partial charge in [0.15, 0.2) is 5.96 Å². The average Bonchev–Trinajstić information content (AvgIpc) is 2.85. The molecule has 24 heavy (non-hydrogen) atoms. The van der Waals surface area contributed by atoms with Crippen LogP contribution in [0.25, 0.3) is 0 Å². The van der Waals surface area contributed by atoms with Crippen molar-refractivity contribution in [2.45, 2.75) is 40.2 Å².